The van der Waals surface area contributed by atoms with E-state index >= 15 is 0 Å². The van der Waals surface area contributed by atoms with E-state index < -0.39 is 16.8 Å². The molecule has 4 rings (SSSR count). The average Bonchev–Trinajstić information content (AvgIpc) is 3.27. The van der Waals surface area contributed by atoms with Gasteiger partial charge in [-0.15, -0.1) is 23.1 Å². The van der Waals surface area contributed by atoms with Gasteiger partial charge in [-0.3, -0.25) is 0 Å². The minimum atomic E-state index is -0.895. The third kappa shape index (κ3) is 5.13. The van der Waals surface area contributed by atoms with Gasteiger partial charge in [0.15, 0.2) is 10.8 Å². The maximum Gasteiger partial charge on any atom is 0.328 e. The first kappa shape index (κ1) is 23.1. The fourth-order valence-electron chi connectivity index (χ4n) is 3.92. The van der Waals surface area contributed by atoms with Crippen LogP contribution in [0.1, 0.15) is 23.1 Å². The lowest BCUT2D eigenvalue weighted by Gasteiger charge is -2.35. The van der Waals surface area contributed by atoms with Crippen LogP contribution in [0.2, 0.25) is 0 Å². The lowest BCUT2D eigenvalue weighted by atomic mass is 9.84. The minimum Gasteiger partial charge on any atom is -0.480 e. The Balaban J connectivity index is 1.73. The van der Waals surface area contributed by atoms with Gasteiger partial charge in [0.25, 0.3) is 0 Å². The third-order valence-corrected chi connectivity index (χ3v) is 8.00. The number of carboxylic acid groups (broad SMARTS) is 1. The molecule has 0 saturated heterocycles. The second-order valence-corrected chi connectivity index (χ2v) is 9.88. The Kier molecular flexibility index (Phi) is 7.47. The van der Waals surface area contributed by atoms with Gasteiger partial charge in [0, 0.05) is 18.6 Å². The number of benzene rings is 3. The van der Waals surface area contributed by atoms with E-state index in [9.17, 15) is 9.90 Å². The number of nitrogens with zero attached hydrogens (tertiary/aromatic N) is 2. The number of carbonyl (C=O) groups is 1. The summed E-state index contributed by atoms with van der Waals surface area (Å²) in [6.07, 6.45) is 2.33. The van der Waals surface area contributed by atoms with Crippen LogP contribution >= 0.6 is 23.1 Å². The number of hydrogen-bond donors (Lipinski definition) is 1. The highest BCUT2D eigenvalue weighted by atomic mass is 32.2. The Morgan fingerprint density at radius 3 is 1.82 bits per heavy atom. The Bertz CT molecular complexity index is 1140. The van der Waals surface area contributed by atoms with Crippen LogP contribution in [0.3, 0.4) is 0 Å². The minimum absolute atomic E-state index is 0.437. The number of aryl methyl sites for hydroxylation is 1. The first-order valence-corrected chi connectivity index (χ1v) is 12.6. The standard InChI is InChI=1S/C27H26N2O2S2/c1-29-18-20-32-26(29)28-24(25(30)31)17-19-33-27(21-11-5-2-6-12-21,22-13-7-3-8-14-22)23-15-9-4-10-16-23/h2-16,18,20,24H,17,19H2,1H3,(H,30,31)/t24-/m0/s1. The normalized spacial score (nSPS) is 13.1. The molecule has 1 heterocycles. The SMILES string of the molecule is Cn1ccsc1=N[C@@H](CCSC(c1ccccc1)(c1ccccc1)c1ccccc1)C(=O)O. The van der Waals surface area contributed by atoms with Crippen molar-refractivity contribution in [1.82, 2.24) is 4.57 Å². The Morgan fingerprint density at radius 1 is 0.939 bits per heavy atom. The molecule has 1 atom stereocenters. The average molecular weight is 475 g/mol. The van der Waals surface area contributed by atoms with Crippen molar-refractivity contribution in [1.29, 1.82) is 0 Å². The number of hydrogen-bond acceptors (Lipinski definition) is 4. The molecule has 0 aliphatic heterocycles. The van der Waals surface area contributed by atoms with Crippen molar-refractivity contribution in [3.63, 3.8) is 0 Å². The van der Waals surface area contributed by atoms with Gasteiger partial charge in [-0.05, 0) is 28.9 Å². The van der Waals surface area contributed by atoms with Gasteiger partial charge in [0.05, 0.1) is 4.75 Å². The largest absolute Gasteiger partial charge is 0.480 e. The molecule has 6 heteroatoms. The third-order valence-electron chi connectivity index (χ3n) is 5.56. The molecule has 0 amide bonds. The van der Waals surface area contributed by atoms with Gasteiger partial charge in [-0.25, -0.2) is 9.79 Å². The zero-order chi connectivity index (χ0) is 23.1. The fraction of sp³-hybridized carbons (Fsp3) is 0.185. The second-order valence-electron chi connectivity index (χ2n) is 7.70. The highest BCUT2D eigenvalue weighted by Gasteiger charge is 2.37. The molecule has 4 aromatic rings. The van der Waals surface area contributed by atoms with Crippen molar-refractivity contribution in [2.45, 2.75) is 17.2 Å². The van der Waals surface area contributed by atoms with Crippen LogP contribution in [0.25, 0.3) is 0 Å². The molecule has 0 aliphatic carbocycles. The zero-order valence-electron chi connectivity index (χ0n) is 18.4. The highest BCUT2D eigenvalue weighted by Crippen LogP contribution is 2.48. The summed E-state index contributed by atoms with van der Waals surface area (Å²) in [5.74, 6) is -0.262. The zero-order valence-corrected chi connectivity index (χ0v) is 20.0. The molecule has 0 fully saturated rings. The number of carboxylic acids is 1. The van der Waals surface area contributed by atoms with E-state index in [-0.39, 0.29) is 0 Å². The molecule has 3 aromatic carbocycles. The number of thioether (sulfide) groups is 1. The molecular weight excluding hydrogens is 448 g/mol. The number of aliphatic carboxylic acids is 1. The number of rotatable bonds is 9. The monoisotopic (exact) mass is 474 g/mol. The molecular formula is C27H26N2O2S2. The molecule has 1 N–H and O–H groups in total. The lowest BCUT2D eigenvalue weighted by molar-refractivity contribution is -0.138. The van der Waals surface area contributed by atoms with Gasteiger partial charge in [0.2, 0.25) is 0 Å². The predicted octanol–water partition coefficient (Wildman–Crippen LogP) is 5.56. The van der Waals surface area contributed by atoms with Crippen LogP contribution < -0.4 is 4.80 Å². The number of aromatic nitrogens is 1. The van der Waals surface area contributed by atoms with E-state index in [0.717, 1.165) is 0 Å². The van der Waals surface area contributed by atoms with Gasteiger partial charge in [-0.1, -0.05) is 91.0 Å². The summed E-state index contributed by atoms with van der Waals surface area (Å²) in [6.45, 7) is 0. The van der Waals surface area contributed by atoms with Crippen LogP contribution in [-0.4, -0.2) is 27.4 Å². The van der Waals surface area contributed by atoms with E-state index in [1.165, 1.54) is 28.0 Å². The van der Waals surface area contributed by atoms with Crippen LogP contribution in [-0.2, 0) is 16.6 Å². The Morgan fingerprint density at radius 2 is 1.42 bits per heavy atom. The molecule has 0 bridgehead atoms. The van der Waals surface area contributed by atoms with E-state index in [4.69, 9.17) is 0 Å². The Hall–Kier alpha value is -3.09. The van der Waals surface area contributed by atoms with E-state index in [1.54, 1.807) is 11.8 Å². The first-order valence-electron chi connectivity index (χ1n) is 10.8. The smallest absolute Gasteiger partial charge is 0.328 e. The molecule has 168 valence electrons. The maximum atomic E-state index is 12.0. The van der Waals surface area contributed by atoms with Crippen LogP contribution in [0.4, 0.5) is 0 Å². The topological polar surface area (TPSA) is 54.6 Å². The summed E-state index contributed by atoms with van der Waals surface area (Å²) in [5, 5.41) is 11.8. The van der Waals surface area contributed by atoms with Gasteiger partial charge >= 0.3 is 5.97 Å². The Labute approximate surface area is 202 Å². The van der Waals surface area contributed by atoms with Crippen molar-refractivity contribution < 1.29 is 9.90 Å². The highest BCUT2D eigenvalue weighted by molar-refractivity contribution is 8.00. The lowest BCUT2D eigenvalue weighted by Crippen LogP contribution is -2.28. The van der Waals surface area contributed by atoms with Gasteiger partial charge in [0.1, 0.15) is 0 Å². The van der Waals surface area contributed by atoms with Gasteiger partial charge < -0.3 is 9.67 Å². The summed E-state index contributed by atoms with van der Waals surface area (Å²) < 4.78 is 1.40. The molecule has 0 saturated carbocycles. The predicted molar refractivity (Wildman–Crippen MR) is 137 cm³/mol. The molecule has 0 radical (unpaired) electrons. The molecule has 4 nitrogen and oxygen atoms in total. The van der Waals surface area contributed by atoms with Gasteiger partial charge in [-0.2, -0.15) is 0 Å². The van der Waals surface area contributed by atoms with Crippen molar-refractivity contribution in [3.8, 4) is 0 Å². The summed E-state index contributed by atoms with van der Waals surface area (Å²) in [5.41, 5.74) is 3.50. The van der Waals surface area contributed by atoms with Crippen LogP contribution in [0.5, 0.6) is 0 Å². The molecule has 0 spiro atoms. The summed E-state index contributed by atoms with van der Waals surface area (Å²) >= 11 is 3.22. The van der Waals surface area contributed by atoms with Crippen LogP contribution in [0.15, 0.2) is 108 Å². The van der Waals surface area contributed by atoms with Crippen molar-refractivity contribution in [2.24, 2.45) is 12.0 Å². The fourth-order valence-corrected chi connectivity index (χ4v) is 6.26. The molecule has 0 aliphatic rings. The molecule has 33 heavy (non-hydrogen) atoms. The van der Waals surface area contributed by atoms with Crippen molar-refractivity contribution >= 4 is 29.1 Å². The first-order chi connectivity index (χ1) is 16.1. The quantitative estimate of drug-likeness (QED) is 0.323. The van der Waals surface area contributed by atoms with Crippen LogP contribution in [0, 0.1) is 0 Å². The van der Waals surface area contributed by atoms with E-state index in [2.05, 4.69) is 77.8 Å². The van der Waals surface area contributed by atoms with E-state index in [0.29, 0.717) is 17.0 Å². The van der Waals surface area contributed by atoms with Crippen molar-refractivity contribution in [3.05, 3.63) is 124 Å². The summed E-state index contributed by atoms with van der Waals surface area (Å²) in [6, 6.07) is 30.5. The summed E-state index contributed by atoms with van der Waals surface area (Å²) in [7, 11) is 1.88. The molecule has 0 unspecified atom stereocenters. The van der Waals surface area contributed by atoms with Crippen molar-refractivity contribution in [2.75, 3.05) is 5.75 Å². The maximum absolute atomic E-state index is 12.0. The second kappa shape index (κ2) is 10.7. The molecule has 1 aromatic heterocycles. The van der Waals surface area contributed by atoms with E-state index in [1.807, 2.05) is 41.4 Å². The summed E-state index contributed by atoms with van der Waals surface area (Å²) in [4.78, 5) is 17.2. The number of thiazole rings is 1.